The summed E-state index contributed by atoms with van der Waals surface area (Å²) in [4.78, 5) is 15.9. The van der Waals surface area contributed by atoms with Gasteiger partial charge in [0.1, 0.15) is 5.50 Å². The number of hydrogen-bond acceptors (Lipinski definition) is 4. The highest BCUT2D eigenvalue weighted by atomic mass is 32.2. The molecule has 0 spiro atoms. The fourth-order valence-electron chi connectivity index (χ4n) is 3.42. The second-order valence-electron chi connectivity index (χ2n) is 6.62. The molecule has 104 valence electrons. The Hall–Kier alpha value is -1.26. The lowest BCUT2D eigenvalue weighted by Gasteiger charge is -2.42. The SMILES string of the molecule is CC1(C)CC(=O)C2=CN3c4ccccc4SC3NC2C1. The highest BCUT2D eigenvalue weighted by molar-refractivity contribution is 8.00. The van der Waals surface area contributed by atoms with E-state index in [9.17, 15) is 4.79 Å². The Morgan fingerprint density at radius 1 is 1.35 bits per heavy atom. The summed E-state index contributed by atoms with van der Waals surface area (Å²) in [6.45, 7) is 4.37. The summed E-state index contributed by atoms with van der Waals surface area (Å²) in [6.07, 6.45) is 3.78. The molecule has 2 aliphatic heterocycles. The fraction of sp³-hybridized carbons (Fsp3) is 0.438. The summed E-state index contributed by atoms with van der Waals surface area (Å²) in [5.41, 5.74) is 2.49. The molecular formula is C16H18N2OS. The summed E-state index contributed by atoms with van der Waals surface area (Å²) in [6, 6.07) is 8.60. The first-order valence-corrected chi connectivity index (χ1v) is 7.96. The van der Waals surface area contributed by atoms with Crippen LogP contribution >= 0.6 is 11.8 Å². The number of anilines is 1. The average molecular weight is 286 g/mol. The van der Waals surface area contributed by atoms with Crippen LogP contribution in [0, 0.1) is 5.41 Å². The first-order chi connectivity index (χ1) is 9.53. The molecule has 3 nitrogen and oxygen atoms in total. The Kier molecular flexibility index (Phi) is 2.57. The lowest BCUT2D eigenvalue weighted by Crippen LogP contribution is -2.54. The Bertz CT molecular complexity index is 623. The first-order valence-electron chi connectivity index (χ1n) is 7.08. The molecule has 1 aliphatic carbocycles. The van der Waals surface area contributed by atoms with Crippen molar-refractivity contribution in [3.63, 3.8) is 0 Å². The number of fused-ring (bicyclic) bond motifs is 4. The van der Waals surface area contributed by atoms with Crippen molar-refractivity contribution in [2.75, 3.05) is 4.90 Å². The summed E-state index contributed by atoms with van der Waals surface area (Å²) in [5, 5.41) is 3.65. The van der Waals surface area contributed by atoms with Gasteiger partial charge in [-0.15, -0.1) is 0 Å². The predicted molar refractivity (Wildman–Crippen MR) is 81.6 cm³/mol. The molecule has 1 saturated carbocycles. The van der Waals surface area contributed by atoms with Crippen molar-refractivity contribution < 1.29 is 4.79 Å². The number of rotatable bonds is 0. The zero-order chi connectivity index (χ0) is 13.9. The Morgan fingerprint density at radius 3 is 3.00 bits per heavy atom. The molecule has 3 aliphatic rings. The van der Waals surface area contributed by atoms with E-state index in [2.05, 4.69) is 54.5 Å². The number of ketones is 1. The van der Waals surface area contributed by atoms with Crippen LogP contribution in [0.1, 0.15) is 26.7 Å². The highest BCUT2D eigenvalue weighted by Crippen LogP contribution is 2.47. The minimum absolute atomic E-state index is 0.102. The van der Waals surface area contributed by atoms with Crippen molar-refractivity contribution in [1.29, 1.82) is 0 Å². The van der Waals surface area contributed by atoms with Crippen molar-refractivity contribution in [2.24, 2.45) is 5.41 Å². The van der Waals surface area contributed by atoms with E-state index < -0.39 is 0 Å². The summed E-state index contributed by atoms with van der Waals surface area (Å²) in [7, 11) is 0. The molecule has 20 heavy (non-hydrogen) atoms. The zero-order valence-electron chi connectivity index (χ0n) is 11.7. The summed E-state index contributed by atoms with van der Waals surface area (Å²) in [5.74, 6) is 0.298. The van der Waals surface area contributed by atoms with Crippen LogP contribution in [0.15, 0.2) is 40.9 Å². The molecule has 0 bridgehead atoms. The van der Waals surface area contributed by atoms with Crippen LogP contribution in [0.4, 0.5) is 5.69 Å². The van der Waals surface area contributed by atoms with Crippen LogP contribution in [0.5, 0.6) is 0 Å². The molecule has 0 aromatic heterocycles. The molecule has 2 unspecified atom stereocenters. The molecule has 0 radical (unpaired) electrons. The standard InChI is InChI=1S/C16H18N2OS/c1-16(2)7-11-10(13(19)8-16)9-18-12-5-3-4-6-14(12)20-15(18)17-11/h3-6,9,11,15,17H,7-8H2,1-2H3. The third kappa shape index (κ3) is 1.82. The number of Topliss-reactive ketones (excluding diaryl/α,β-unsaturated/α-hetero) is 1. The molecule has 1 N–H and O–H groups in total. The number of hydrogen-bond donors (Lipinski definition) is 1. The lowest BCUT2D eigenvalue weighted by atomic mass is 9.72. The molecule has 0 saturated heterocycles. The van der Waals surface area contributed by atoms with Gasteiger partial charge in [-0.3, -0.25) is 10.1 Å². The number of nitrogens with one attached hydrogen (secondary N) is 1. The molecule has 4 heteroatoms. The maximum Gasteiger partial charge on any atom is 0.162 e. The van der Waals surface area contributed by atoms with Gasteiger partial charge in [0.15, 0.2) is 5.78 Å². The van der Waals surface area contributed by atoms with Gasteiger partial charge >= 0.3 is 0 Å². The third-order valence-electron chi connectivity index (χ3n) is 4.35. The van der Waals surface area contributed by atoms with E-state index in [1.165, 1.54) is 10.6 Å². The van der Waals surface area contributed by atoms with E-state index in [1.54, 1.807) is 0 Å². The Balaban J connectivity index is 1.73. The van der Waals surface area contributed by atoms with E-state index in [-0.39, 0.29) is 17.0 Å². The molecule has 2 atom stereocenters. The third-order valence-corrected chi connectivity index (χ3v) is 5.54. The fourth-order valence-corrected chi connectivity index (χ4v) is 4.64. The van der Waals surface area contributed by atoms with Gasteiger partial charge in [0.05, 0.1) is 5.69 Å². The molecule has 1 aromatic rings. The van der Waals surface area contributed by atoms with E-state index in [4.69, 9.17) is 0 Å². The second-order valence-corrected chi connectivity index (χ2v) is 7.74. The van der Waals surface area contributed by atoms with Crippen LogP contribution in [-0.2, 0) is 4.79 Å². The second kappa shape index (κ2) is 4.12. The van der Waals surface area contributed by atoms with Gasteiger partial charge in [0.25, 0.3) is 0 Å². The largest absolute Gasteiger partial charge is 0.321 e. The average Bonchev–Trinajstić information content (AvgIpc) is 2.72. The number of benzene rings is 1. The predicted octanol–water partition coefficient (Wildman–Crippen LogP) is 3.13. The number of carbonyl (C=O) groups excluding carboxylic acids is 1. The number of thioether (sulfide) groups is 1. The van der Waals surface area contributed by atoms with Crippen LogP contribution in [0.3, 0.4) is 0 Å². The van der Waals surface area contributed by atoms with Gasteiger partial charge < -0.3 is 4.90 Å². The van der Waals surface area contributed by atoms with Crippen molar-refractivity contribution in [3.05, 3.63) is 36.0 Å². The van der Waals surface area contributed by atoms with E-state index in [1.807, 2.05) is 11.8 Å². The summed E-state index contributed by atoms with van der Waals surface area (Å²) >= 11 is 1.84. The van der Waals surface area contributed by atoms with Crippen molar-refractivity contribution in [3.8, 4) is 0 Å². The lowest BCUT2D eigenvalue weighted by molar-refractivity contribution is -0.119. The molecule has 1 fully saturated rings. The van der Waals surface area contributed by atoms with E-state index in [0.717, 1.165) is 12.0 Å². The maximum atomic E-state index is 12.4. The normalized spacial score (nSPS) is 30.4. The number of para-hydroxylation sites is 1. The summed E-state index contributed by atoms with van der Waals surface area (Å²) < 4.78 is 0. The molecule has 1 aromatic carbocycles. The first kappa shape index (κ1) is 12.5. The molecular weight excluding hydrogens is 268 g/mol. The zero-order valence-corrected chi connectivity index (χ0v) is 12.5. The van der Waals surface area contributed by atoms with E-state index >= 15 is 0 Å². The Labute approximate surface area is 123 Å². The molecule has 0 amide bonds. The Morgan fingerprint density at radius 2 is 2.15 bits per heavy atom. The van der Waals surface area contributed by atoms with Gasteiger partial charge in [-0.05, 0) is 24.0 Å². The molecule has 2 heterocycles. The number of carbonyl (C=O) groups is 1. The van der Waals surface area contributed by atoms with Gasteiger partial charge in [-0.1, -0.05) is 37.7 Å². The van der Waals surface area contributed by atoms with Gasteiger partial charge in [-0.25, -0.2) is 0 Å². The van der Waals surface area contributed by atoms with Crippen molar-refractivity contribution in [1.82, 2.24) is 5.32 Å². The minimum Gasteiger partial charge on any atom is -0.321 e. The smallest absolute Gasteiger partial charge is 0.162 e. The van der Waals surface area contributed by atoms with Gasteiger partial charge in [0.2, 0.25) is 0 Å². The van der Waals surface area contributed by atoms with Crippen LogP contribution in [-0.4, -0.2) is 17.3 Å². The van der Waals surface area contributed by atoms with Crippen LogP contribution in [0.2, 0.25) is 0 Å². The van der Waals surface area contributed by atoms with Gasteiger partial charge in [0, 0.05) is 29.1 Å². The van der Waals surface area contributed by atoms with Crippen molar-refractivity contribution in [2.45, 2.75) is 43.1 Å². The van der Waals surface area contributed by atoms with E-state index in [0.29, 0.717) is 12.2 Å². The minimum atomic E-state index is 0.102. The van der Waals surface area contributed by atoms with Crippen molar-refractivity contribution >= 4 is 23.2 Å². The van der Waals surface area contributed by atoms with Crippen LogP contribution in [0.25, 0.3) is 0 Å². The quantitative estimate of drug-likeness (QED) is 0.794. The maximum absolute atomic E-state index is 12.4. The monoisotopic (exact) mass is 286 g/mol. The number of nitrogens with zero attached hydrogens (tertiary/aromatic N) is 1. The van der Waals surface area contributed by atoms with Crippen LogP contribution < -0.4 is 10.2 Å². The highest BCUT2D eigenvalue weighted by Gasteiger charge is 2.43. The van der Waals surface area contributed by atoms with Gasteiger partial charge in [-0.2, -0.15) is 0 Å². The topological polar surface area (TPSA) is 32.3 Å². The molecule has 4 rings (SSSR count).